The molecule has 5 heteroatoms. The maximum atomic E-state index is 13.0. The van der Waals surface area contributed by atoms with Gasteiger partial charge in [0.25, 0.3) is 0 Å². The zero-order chi connectivity index (χ0) is 14.7. The molecule has 0 aromatic heterocycles. The summed E-state index contributed by atoms with van der Waals surface area (Å²) in [4.78, 5) is 0. The number of hydrogen-bond acceptors (Lipinski definition) is 3. The predicted molar refractivity (Wildman–Crippen MR) is 83.5 cm³/mol. The summed E-state index contributed by atoms with van der Waals surface area (Å²) in [5, 5.41) is 3.27. The van der Waals surface area contributed by atoms with E-state index in [1.165, 1.54) is 12.1 Å². The maximum Gasteiger partial charge on any atom is 0.161 e. The Morgan fingerprint density at radius 3 is 2.67 bits per heavy atom. The van der Waals surface area contributed by atoms with Crippen LogP contribution in [0.4, 0.5) is 10.1 Å². The van der Waals surface area contributed by atoms with E-state index in [-0.39, 0.29) is 5.82 Å². The van der Waals surface area contributed by atoms with Gasteiger partial charge in [0.05, 0.1) is 13.2 Å². The predicted octanol–water partition coefficient (Wildman–Crippen LogP) is 4.36. The Morgan fingerprint density at radius 1 is 1.05 bits per heavy atom. The smallest absolute Gasteiger partial charge is 0.161 e. The van der Waals surface area contributed by atoms with Crippen molar-refractivity contribution in [3.63, 3.8) is 0 Å². The molecule has 110 valence electrons. The minimum Gasteiger partial charge on any atom is -0.490 e. The van der Waals surface area contributed by atoms with Crippen LogP contribution in [0.3, 0.4) is 0 Å². The number of fused-ring (bicyclic) bond motifs is 1. The molecule has 1 N–H and O–H groups in total. The molecule has 0 amide bonds. The Morgan fingerprint density at radius 2 is 1.86 bits per heavy atom. The van der Waals surface area contributed by atoms with E-state index < -0.39 is 0 Å². The zero-order valence-corrected chi connectivity index (χ0v) is 13.0. The summed E-state index contributed by atoms with van der Waals surface area (Å²) < 4.78 is 25.0. The summed E-state index contributed by atoms with van der Waals surface area (Å²) in [6.45, 7) is 1.99. The Kier molecular flexibility index (Phi) is 4.29. The molecular formula is C16H15BrFNO2. The van der Waals surface area contributed by atoms with Crippen LogP contribution in [0.25, 0.3) is 0 Å². The number of anilines is 1. The van der Waals surface area contributed by atoms with Crippen LogP contribution in [0.5, 0.6) is 11.5 Å². The third kappa shape index (κ3) is 3.47. The molecule has 2 aromatic carbocycles. The highest BCUT2D eigenvalue weighted by Gasteiger charge is 2.10. The van der Waals surface area contributed by atoms with E-state index in [9.17, 15) is 4.39 Å². The molecule has 1 heterocycles. The molecule has 3 rings (SSSR count). The zero-order valence-electron chi connectivity index (χ0n) is 11.4. The minimum atomic E-state index is -0.261. The first kappa shape index (κ1) is 14.2. The third-order valence-corrected chi connectivity index (χ3v) is 3.88. The molecule has 0 radical (unpaired) electrons. The SMILES string of the molecule is Fc1ccc(NCc2ccc3c(c2)OCCCO3)c(Br)c1. The first-order valence-corrected chi connectivity index (χ1v) is 7.59. The fourth-order valence-corrected chi connectivity index (χ4v) is 2.64. The number of rotatable bonds is 3. The number of benzene rings is 2. The average Bonchev–Trinajstić information content (AvgIpc) is 2.71. The van der Waals surface area contributed by atoms with E-state index in [0.717, 1.165) is 29.2 Å². The highest BCUT2D eigenvalue weighted by molar-refractivity contribution is 9.10. The number of hydrogen-bond donors (Lipinski definition) is 1. The van der Waals surface area contributed by atoms with Gasteiger partial charge in [0, 0.05) is 23.1 Å². The lowest BCUT2D eigenvalue weighted by Crippen LogP contribution is -2.01. The Labute approximate surface area is 131 Å². The van der Waals surface area contributed by atoms with Crippen LogP contribution >= 0.6 is 15.9 Å². The second kappa shape index (κ2) is 6.35. The van der Waals surface area contributed by atoms with Gasteiger partial charge in [-0.15, -0.1) is 0 Å². The van der Waals surface area contributed by atoms with Gasteiger partial charge < -0.3 is 14.8 Å². The summed E-state index contributed by atoms with van der Waals surface area (Å²) in [6, 6.07) is 10.5. The third-order valence-electron chi connectivity index (χ3n) is 3.23. The van der Waals surface area contributed by atoms with Crippen molar-refractivity contribution in [1.29, 1.82) is 0 Å². The molecule has 21 heavy (non-hydrogen) atoms. The van der Waals surface area contributed by atoms with Gasteiger partial charge in [-0.25, -0.2) is 4.39 Å². The van der Waals surface area contributed by atoms with Gasteiger partial charge in [0.1, 0.15) is 5.82 Å². The molecule has 1 aliphatic rings. The molecule has 0 spiro atoms. The lowest BCUT2D eigenvalue weighted by molar-refractivity contribution is 0.297. The van der Waals surface area contributed by atoms with E-state index in [1.807, 2.05) is 18.2 Å². The van der Waals surface area contributed by atoms with Crippen LogP contribution in [-0.4, -0.2) is 13.2 Å². The summed E-state index contributed by atoms with van der Waals surface area (Å²) in [5.74, 6) is 1.31. The lowest BCUT2D eigenvalue weighted by Gasteiger charge is -2.11. The largest absolute Gasteiger partial charge is 0.490 e. The molecule has 2 aromatic rings. The van der Waals surface area contributed by atoms with Crippen LogP contribution in [0.2, 0.25) is 0 Å². The van der Waals surface area contributed by atoms with E-state index in [2.05, 4.69) is 21.2 Å². The van der Waals surface area contributed by atoms with Crippen molar-refractivity contribution in [2.45, 2.75) is 13.0 Å². The van der Waals surface area contributed by atoms with Crippen molar-refractivity contribution >= 4 is 21.6 Å². The van der Waals surface area contributed by atoms with Crippen molar-refractivity contribution in [3.8, 4) is 11.5 Å². The minimum absolute atomic E-state index is 0.261. The fraction of sp³-hybridized carbons (Fsp3) is 0.250. The first-order valence-electron chi connectivity index (χ1n) is 6.80. The summed E-state index contributed by atoms with van der Waals surface area (Å²) in [6.07, 6.45) is 0.894. The molecule has 1 aliphatic heterocycles. The number of halogens is 2. The highest BCUT2D eigenvalue weighted by Crippen LogP contribution is 2.31. The van der Waals surface area contributed by atoms with E-state index in [1.54, 1.807) is 6.07 Å². The second-order valence-electron chi connectivity index (χ2n) is 4.81. The van der Waals surface area contributed by atoms with Gasteiger partial charge in [-0.3, -0.25) is 0 Å². The highest BCUT2D eigenvalue weighted by atomic mass is 79.9. The molecule has 0 saturated heterocycles. The van der Waals surface area contributed by atoms with Crippen LogP contribution in [0.15, 0.2) is 40.9 Å². The molecule has 0 bridgehead atoms. The van der Waals surface area contributed by atoms with E-state index in [4.69, 9.17) is 9.47 Å². The topological polar surface area (TPSA) is 30.5 Å². The standard InChI is InChI=1S/C16H15BrFNO2/c17-13-9-12(18)3-4-14(13)19-10-11-2-5-15-16(8-11)21-7-1-6-20-15/h2-5,8-9,19H,1,6-7,10H2. The second-order valence-corrected chi connectivity index (χ2v) is 5.66. The van der Waals surface area contributed by atoms with Crippen LogP contribution in [-0.2, 0) is 6.54 Å². The van der Waals surface area contributed by atoms with Gasteiger partial charge in [-0.1, -0.05) is 6.07 Å². The van der Waals surface area contributed by atoms with Crippen LogP contribution in [0, 0.1) is 5.82 Å². The number of nitrogens with one attached hydrogen (secondary N) is 1. The first-order chi connectivity index (χ1) is 10.2. The van der Waals surface area contributed by atoms with E-state index >= 15 is 0 Å². The molecule has 0 saturated carbocycles. The Hall–Kier alpha value is -1.75. The van der Waals surface area contributed by atoms with Crippen molar-refractivity contribution < 1.29 is 13.9 Å². The Balaban J connectivity index is 1.72. The maximum absolute atomic E-state index is 13.0. The normalized spacial score (nSPS) is 13.6. The van der Waals surface area contributed by atoms with E-state index in [0.29, 0.717) is 24.2 Å². The fourth-order valence-electron chi connectivity index (χ4n) is 2.15. The van der Waals surface area contributed by atoms with Gasteiger partial charge >= 0.3 is 0 Å². The van der Waals surface area contributed by atoms with Crippen molar-refractivity contribution in [1.82, 2.24) is 0 Å². The lowest BCUT2D eigenvalue weighted by atomic mass is 10.2. The molecule has 0 unspecified atom stereocenters. The van der Waals surface area contributed by atoms with Gasteiger partial charge in [0.2, 0.25) is 0 Å². The summed E-state index contributed by atoms with van der Waals surface area (Å²) in [7, 11) is 0. The van der Waals surface area contributed by atoms with Crippen molar-refractivity contribution in [2.75, 3.05) is 18.5 Å². The molecular weight excluding hydrogens is 337 g/mol. The average molecular weight is 352 g/mol. The molecule has 3 nitrogen and oxygen atoms in total. The van der Waals surface area contributed by atoms with Crippen LogP contribution < -0.4 is 14.8 Å². The van der Waals surface area contributed by atoms with Gasteiger partial charge in [0.15, 0.2) is 11.5 Å². The number of ether oxygens (including phenoxy) is 2. The van der Waals surface area contributed by atoms with Gasteiger partial charge in [-0.05, 0) is 51.8 Å². The monoisotopic (exact) mass is 351 g/mol. The molecule has 0 atom stereocenters. The quantitative estimate of drug-likeness (QED) is 0.890. The summed E-state index contributed by atoms with van der Waals surface area (Å²) >= 11 is 3.34. The van der Waals surface area contributed by atoms with Crippen molar-refractivity contribution in [3.05, 3.63) is 52.3 Å². The molecule has 0 aliphatic carbocycles. The molecule has 0 fully saturated rings. The van der Waals surface area contributed by atoms with Crippen molar-refractivity contribution in [2.24, 2.45) is 0 Å². The summed E-state index contributed by atoms with van der Waals surface area (Å²) in [5.41, 5.74) is 1.93. The van der Waals surface area contributed by atoms with Crippen LogP contribution in [0.1, 0.15) is 12.0 Å². The van der Waals surface area contributed by atoms with Gasteiger partial charge in [-0.2, -0.15) is 0 Å². The Bertz CT molecular complexity index is 648.